The first-order chi connectivity index (χ1) is 31.1. The molecule has 0 spiro atoms. The Balaban J connectivity index is 0.638. The van der Waals surface area contributed by atoms with E-state index in [0.29, 0.717) is 82.1 Å². The van der Waals surface area contributed by atoms with Crippen LogP contribution >= 0.6 is 0 Å². The topological polar surface area (TPSA) is 231 Å². The number of carbonyl (C=O) groups is 6. The van der Waals surface area contributed by atoms with Crippen LogP contribution in [0.2, 0.25) is 0 Å². The molecule has 2 fully saturated rings. The number of benzene rings is 3. The van der Waals surface area contributed by atoms with Gasteiger partial charge in [0.05, 0.1) is 80.1 Å². The van der Waals surface area contributed by atoms with Gasteiger partial charge >= 0.3 is 0 Å². The second-order valence-corrected chi connectivity index (χ2v) is 16.1. The van der Waals surface area contributed by atoms with Gasteiger partial charge in [-0.05, 0) is 80.3 Å². The van der Waals surface area contributed by atoms with Gasteiger partial charge in [0, 0.05) is 61.8 Å². The third-order valence-corrected chi connectivity index (χ3v) is 11.7. The van der Waals surface area contributed by atoms with Gasteiger partial charge in [0.15, 0.2) is 0 Å². The summed E-state index contributed by atoms with van der Waals surface area (Å²) in [7, 11) is 1.87. The van der Waals surface area contributed by atoms with Gasteiger partial charge in [0.25, 0.3) is 17.7 Å². The van der Waals surface area contributed by atoms with Crippen LogP contribution in [0.5, 0.6) is 0 Å². The average molecular weight is 877 g/mol. The Morgan fingerprint density at radius 2 is 1.70 bits per heavy atom. The molecule has 2 atom stereocenters. The number of aromatic nitrogens is 4. The molecule has 336 valence electrons. The lowest BCUT2D eigenvalue weighted by atomic mass is 10.0. The van der Waals surface area contributed by atoms with Crippen LogP contribution < -0.4 is 21.3 Å². The van der Waals surface area contributed by atoms with Gasteiger partial charge in [0.2, 0.25) is 17.7 Å². The summed E-state index contributed by atoms with van der Waals surface area (Å²) in [5, 5.41) is 16.5. The average Bonchev–Trinajstić information content (AvgIpc) is 4.06. The summed E-state index contributed by atoms with van der Waals surface area (Å²) < 4.78 is 18.5. The number of anilines is 2. The van der Waals surface area contributed by atoms with Crippen molar-refractivity contribution in [2.75, 3.05) is 76.5 Å². The highest BCUT2D eigenvalue weighted by molar-refractivity contribution is 6.25. The number of ether oxygens (including phenoxy) is 3. The van der Waals surface area contributed by atoms with Crippen molar-refractivity contribution >= 4 is 68.8 Å². The molecular weight excluding hydrogens is 825 g/mol. The zero-order valence-electron chi connectivity index (χ0n) is 35.7. The predicted molar refractivity (Wildman–Crippen MR) is 234 cm³/mol. The number of carbonyl (C=O) groups excluding carboxylic acids is 6. The molecule has 19 heteroatoms. The van der Waals surface area contributed by atoms with Crippen LogP contribution in [0.1, 0.15) is 69.0 Å². The molecule has 0 aliphatic carbocycles. The van der Waals surface area contributed by atoms with Gasteiger partial charge in [-0.3, -0.25) is 48.6 Å². The Morgan fingerprint density at radius 3 is 2.53 bits per heavy atom. The van der Waals surface area contributed by atoms with E-state index in [0.717, 1.165) is 58.6 Å². The molecule has 3 aromatic carbocycles. The number of amides is 6. The Kier molecular flexibility index (Phi) is 14.0. The van der Waals surface area contributed by atoms with E-state index in [1.165, 1.54) is 0 Å². The van der Waals surface area contributed by atoms with E-state index >= 15 is 0 Å². The first-order valence-corrected chi connectivity index (χ1v) is 21.6. The number of hydrogen-bond donors (Lipinski definition) is 5. The van der Waals surface area contributed by atoms with E-state index < -0.39 is 29.7 Å². The molecule has 5 heterocycles. The third-order valence-electron chi connectivity index (χ3n) is 11.7. The molecule has 5 N–H and O–H groups in total. The lowest BCUT2D eigenvalue weighted by molar-refractivity contribution is -0.136. The number of piperidine rings is 1. The first kappa shape index (κ1) is 44.1. The normalized spacial score (nSPS) is 17.7. The minimum atomic E-state index is -1.02. The number of aryl methyl sites for hydroxylation is 1. The van der Waals surface area contributed by atoms with E-state index in [2.05, 4.69) is 36.2 Å². The molecule has 0 saturated carbocycles. The van der Waals surface area contributed by atoms with Crippen molar-refractivity contribution in [2.24, 2.45) is 13.0 Å². The number of fused-ring (bicyclic) bond motifs is 3. The lowest BCUT2D eigenvalue weighted by Gasteiger charge is -2.27. The van der Waals surface area contributed by atoms with Gasteiger partial charge < -0.3 is 35.1 Å². The van der Waals surface area contributed by atoms with Crippen molar-refractivity contribution in [1.82, 2.24) is 40.2 Å². The van der Waals surface area contributed by atoms with Crippen LogP contribution in [0.25, 0.3) is 21.9 Å². The molecule has 8 rings (SSSR count). The Hall–Kier alpha value is -6.54. The molecule has 3 aliphatic heterocycles. The number of imide groups is 2. The van der Waals surface area contributed by atoms with Gasteiger partial charge in [-0.2, -0.15) is 5.10 Å². The fraction of sp³-hybridized carbons (Fsp3) is 0.422. The Labute approximate surface area is 368 Å². The number of imidazole rings is 1. The zero-order valence-corrected chi connectivity index (χ0v) is 35.7. The van der Waals surface area contributed by atoms with Crippen LogP contribution in [-0.2, 0) is 42.2 Å². The summed E-state index contributed by atoms with van der Waals surface area (Å²) in [4.78, 5) is 87.0. The van der Waals surface area contributed by atoms with Crippen LogP contribution in [-0.4, -0.2) is 137 Å². The number of nitrogens with zero attached hydrogens (tertiary/aromatic N) is 5. The van der Waals surface area contributed by atoms with E-state index in [4.69, 9.17) is 19.2 Å². The number of rotatable bonds is 21. The standard InChI is InChI=1S/C45H52N10O9/c1-53-36-8-5-29(23-30(36)25-48-53)42(58)49-31-6-7-33-35(24-31)51-38(50-33)27-54-16-12-28(26-54)11-14-47-39(56)13-17-62-19-21-64-22-20-63-18-15-46-34-4-2-3-32-41(34)45(61)55(44(32)60)37-9-10-40(57)52-43(37)59/h2-8,23-25,28,37,46H,9-22,26-27H2,1H3,(H,47,56)(H,49,58)(H,50,51)(H,52,57,59). The highest BCUT2D eigenvalue weighted by Crippen LogP contribution is 2.32. The summed E-state index contributed by atoms with van der Waals surface area (Å²) in [6, 6.07) is 15.1. The number of likely N-dealkylation sites (tertiary alicyclic amines) is 1. The molecule has 3 aliphatic rings. The molecule has 64 heavy (non-hydrogen) atoms. The summed E-state index contributed by atoms with van der Waals surface area (Å²) >= 11 is 0. The molecule has 2 saturated heterocycles. The highest BCUT2D eigenvalue weighted by atomic mass is 16.5. The van der Waals surface area contributed by atoms with E-state index in [-0.39, 0.29) is 42.2 Å². The third kappa shape index (κ3) is 10.5. The number of H-pyrrole nitrogens is 1. The fourth-order valence-electron chi connectivity index (χ4n) is 8.36. The van der Waals surface area contributed by atoms with Gasteiger partial charge in [0.1, 0.15) is 11.9 Å². The Bertz CT molecular complexity index is 2550. The maximum Gasteiger partial charge on any atom is 0.264 e. The minimum Gasteiger partial charge on any atom is -0.382 e. The second kappa shape index (κ2) is 20.3. The number of aromatic amines is 1. The molecule has 6 amide bonds. The maximum atomic E-state index is 13.2. The molecule has 2 aromatic heterocycles. The van der Waals surface area contributed by atoms with Crippen molar-refractivity contribution in [3.05, 3.63) is 83.3 Å². The SMILES string of the molecule is Cn1ncc2cc(C(=O)Nc3ccc4nc(CN5CCC(CCNC(=O)CCOCCOCCOCCNc6cccc7c6C(=O)N(C6CCC(=O)NC6=O)C7=O)C5)[nH]c4c3)ccc21. The Morgan fingerprint density at radius 1 is 0.891 bits per heavy atom. The van der Waals surface area contributed by atoms with Crippen LogP contribution in [0.3, 0.4) is 0 Å². The number of nitrogens with one attached hydrogen (secondary N) is 5. The van der Waals surface area contributed by atoms with Crippen molar-refractivity contribution in [1.29, 1.82) is 0 Å². The first-order valence-electron chi connectivity index (χ1n) is 21.6. The summed E-state index contributed by atoms with van der Waals surface area (Å²) in [6.45, 7) is 5.56. The predicted octanol–water partition coefficient (Wildman–Crippen LogP) is 2.98. The quantitative estimate of drug-likeness (QED) is 0.0528. The van der Waals surface area contributed by atoms with E-state index in [9.17, 15) is 28.8 Å². The fourth-order valence-corrected chi connectivity index (χ4v) is 8.36. The molecule has 0 bridgehead atoms. The summed E-state index contributed by atoms with van der Waals surface area (Å²) in [6.07, 6.45) is 4.11. The highest BCUT2D eigenvalue weighted by Gasteiger charge is 2.45. The van der Waals surface area contributed by atoms with Gasteiger partial charge in [-0.1, -0.05) is 6.07 Å². The van der Waals surface area contributed by atoms with Crippen LogP contribution in [0, 0.1) is 5.92 Å². The van der Waals surface area contributed by atoms with E-state index in [1.807, 2.05) is 37.4 Å². The molecular formula is C45H52N10O9. The largest absolute Gasteiger partial charge is 0.382 e. The number of hydrogen-bond acceptors (Lipinski definition) is 13. The zero-order chi connectivity index (χ0) is 44.6. The monoisotopic (exact) mass is 876 g/mol. The van der Waals surface area contributed by atoms with E-state index in [1.54, 1.807) is 35.1 Å². The smallest absolute Gasteiger partial charge is 0.264 e. The van der Waals surface area contributed by atoms with Crippen molar-refractivity contribution in [2.45, 2.75) is 44.7 Å². The van der Waals surface area contributed by atoms with Crippen molar-refractivity contribution in [3.63, 3.8) is 0 Å². The minimum absolute atomic E-state index is 0.0479. The van der Waals surface area contributed by atoms with Crippen molar-refractivity contribution in [3.8, 4) is 0 Å². The van der Waals surface area contributed by atoms with Gasteiger partial charge in [-0.25, -0.2) is 4.98 Å². The molecule has 0 radical (unpaired) electrons. The van der Waals surface area contributed by atoms with Gasteiger partial charge in [-0.15, -0.1) is 0 Å². The molecule has 19 nitrogen and oxygen atoms in total. The van der Waals surface area contributed by atoms with Crippen LogP contribution in [0.4, 0.5) is 11.4 Å². The summed E-state index contributed by atoms with van der Waals surface area (Å²) in [5.74, 6) is -1.09. The summed E-state index contributed by atoms with van der Waals surface area (Å²) in [5.41, 5.74) is 4.78. The van der Waals surface area contributed by atoms with Crippen LogP contribution in [0.15, 0.2) is 60.8 Å². The second-order valence-electron chi connectivity index (χ2n) is 16.1. The molecule has 5 aromatic rings. The van der Waals surface area contributed by atoms with Crippen molar-refractivity contribution < 1.29 is 43.0 Å². The maximum absolute atomic E-state index is 13.2. The molecule has 2 unspecified atom stereocenters. The lowest BCUT2D eigenvalue weighted by Crippen LogP contribution is -2.54.